The quantitative estimate of drug-likeness (QED) is 0.630. The summed E-state index contributed by atoms with van der Waals surface area (Å²) in [5.74, 6) is 1.51. The molecule has 0 unspecified atom stereocenters. The first-order valence-electron chi connectivity index (χ1n) is 13.0. The van der Waals surface area contributed by atoms with Crippen LogP contribution in [-0.2, 0) is 4.74 Å². The summed E-state index contributed by atoms with van der Waals surface area (Å²) in [6, 6.07) is 12.4. The molecule has 2 amide bonds. The Morgan fingerprint density at radius 2 is 1.86 bits per heavy atom. The van der Waals surface area contributed by atoms with Gasteiger partial charge in [-0.3, -0.25) is 14.5 Å². The van der Waals surface area contributed by atoms with Crippen molar-refractivity contribution in [2.75, 3.05) is 52.8 Å². The number of likely N-dealkylation sites (N-methyl/N-ethyl adjacent to an activating group) is 1. The Hall–Kier alpha value is -3.10. The minimum Gasteiger partial charge on any atom is -0.496 e. The number of carbonyl (C=O) groups is 2. The Morgan fingerprint density at radius 3 is 2.57 bits per heavy atom. The number of benzene rings is 2. The molecule has 1 aliphatic carbocycles. The van der Waals surface area contributed by atoms with Gasteiger partial charge in [-0.05, 0) is 55.9 Å². The van der Waals surface area contributed by atoms with Gasteiger partial charge in [0.05, 0.1) is 24.3 Å². The largest absolute Gasteiger partial charge is 0.496 e. The SMILES string of the molecule is COc1ccccc1C(=O)Nc1ccc2c(c1)OC[C@@H](C)N(CC1CC1)C[C@H](C)[C@@H](OC)CN(C)C2=O. The van der Waals surface area contributed by atoms with E-state index in [2.05, 4.69) is 24.1 Å². The lowest BCUT2D eigenvalue weighted by Gasteiger charge is -2.36. The maximum atomic E-state index is 13.4. The van der Waals surface area contributed by atoms with E-state index >= 15 is 0 Å². The van der Waals surface area contributed by atoms with Crippen LogP contribution in [0.1, 0.15) is 47.4 Å². The monoisotopic (exact) mass is 509 g/mol. The number of hydrogen-bond donors (Lipinski definition) is 1. The lowest BCUT2D eigenvalue weighted by molar-refractivity contribution is 0.00994. The molecule has 8 nitrogen and oxygen atoms in total. The number of nitrogens with zero attached hydrogens (tertiary/aromatic N) is 2. The summed E-state index contributed by atoms with van der Waals surface area (Å²) in [6.07, 6.45) is 2.48. The van der Waals surface area contributed by atoms with Crippen LogP contribution in [0.2, 0.25) is 0 Å². The molecule has 200 valence electrons. The number of hydrogen-bond acceptors (Lipinski definition) is 6. The molecule has 1 aliphatic heterocycles. The molecule has 37 heavy (non-hydrogen) atoms. The molecule has 1 N–H and O–H groups in total. The summed E-state index contributed by atoms with van der Waals surface area (Å²) in [4.78, 5) is 30.6. The van der Waals surface area contributed by atoms with E-state index in [1.54, 1.807) is 55.5 Å². The van der Waals surface area contributed by atoms with Crippen LogP contribution in [0.3, 0.4) is 0 Å². The van der Waals surface area contributed by atoms with E-state index in [-0.39, 0.29) is 29.9 Å². The maximum Gasteiger partial charge on any atom is 0.259 e. The van der Waals surface area contributed by atoms with Crippen LogP contribution in [0.15, 0.2) is 42.5 Å². The second-order valence-corrected chi connectivity index (χ2v) is 10.4. The lowest BCUT2D eigenvalue weighted by atomic mass is 10.0. The molecule has 2 aromatic carbocycles. The van der Waals surface area contributed by atoms with Crippen LogP contribution in [-0.4, -0.2) is 81.3 Å². The van der Waals surface area contributed by atoms with Crippen molar-refractivity contribution in [1.82, 2.24) is 9.80 Å². The summed E-state index contributed by atoms with van der Waals surface area (Å²) in [5.41, 5.74) is 1.43. The number of ether oxygens (including phenoxy) is 3. The smallest absolute Gasteiger partial charge is 0.259 e. The number of rotatable bonds is 6. The molecule has 1 fully saturated rings. The van der Waals surface area contributed by atoms with Gasteiger partial charge in [0.25, 0.3) is 11.8 Å². The van der Waals surface area contributed by atoms with Crippen LogP contribution < -0.4 is 14.8 Å². The molecule has 0 radical (unpaired) electrons. The average molecular weight is 510 g/mol. The number of amides is 2. The molecule has 0 aromatic heterocycles. The first-order valence-corrected chi connectivity index (χ1v) is 13.0. The number of nitrogens with one attached hydrogen (secondary N) is 1. The van der Waals surface area contributed by atoms with Crippen molar-refractivity contribution in [1.29, 1.82) is 0 Å². The number of para-hydroxylation sites is 1. The van der Waals surface area contributed by atoms with Gasteiger partial charge >= 0.3 is 0 Å². The van der Waals surface area contributed by atoms with Crippen LogP contribution in [0.25, 0.3) is 0 Å². The van der Waals surface area contributed by atoms with Gasteiger partial charge in [0, 0.05) is 51.6 Å². The van der Waals surface area contributed by atoms with E-state index in [1.807, 2.05) is 6.07 Å². The van der Waals surface area contributed by atoms with Gasteiger partial charge in [-0.25, -0.2) is 0 Å². The molecule has 0 bridgehead atoms. The third kappa shape index (κ3) is 6.62. The maximum absolute atomic E-state index is 13.4. The zero-order chi connectivity index (χ0) is 26.5. The molecular formula is C29H39N3O5. The first-order chi connectivity index (χ1) is 17.8. The fourth-order valence-corrected chi connectivity index (χ4v) is 4.84. The molecule has 0 spiro atoms. The Balaban J connectivity index is 1.61. The fraction of sp³-hybridized carbons (Fsp3) is 0.517. The highest BCUT2D eigenvalue weighted by molar-refractivity contribution is 6.06. The molecular weight excluding hydrogens is 470 g/mol. The second-order valence-electron chi connectivity index (χ2n) is 10.4. The van der Waals surface area contributed by atoms with Gasteiger partial charge in [0.2, 0.25) is 0 Å². The van der Waals surface area contributed by atoms with Gasteiger partial charge in [0.1, 0.15) is 18.1 Å². The van der Waals surface area contributed by atoms with Gasteiger partial charge in [-0.1, -0.05) is 19.1 Å². The summed E-state index contributed by atoms with van der Waals surface area (Å²) in [5, 5.41) is 2.92. The van der Waals surface area contributed by atoms with Crippen molar-refractivity contribution < 1.29 is 23.8 Å². The van der Waals surface area contributed by atoms with Gasteiger partial charge in [-0.15, -0.1) is 0 Å². The highest BCUT2D eigenvalue weighted by atomic mass is 16.5. The first kappa shape index (κ1) is 26.9. The molecule has 1 heterocycles. The van der Waals surface area contributed by atoms with Crippen molar-refractivity contribution in [3.8, 4) is 11.5 Å². The number of anilines is 1. The number of methoxy groups -OCH3 is 2. The van der Waals surface area contributed by atoms with Crippen molar-refractivity contribution in [3.05, 3.63) is 53.6 Å². The van der Waals surface area contributed by atoms with E-state index in [9.17, 15) is 9.59 Å². The van der Waals surface area contributed by atoms with Crippen LogP contribution in [0, 0.1) is 11.8 Å². The molecule has 8 heteroatoms. The third-order valence-corrected chi connectivity index (χ3v) is 7.37. The highest BCUT2D eigenvalue weighted by Gasteiger charge is 2.31. The molecule has 2 aliphatic rings. The minimum absolute atomic E-state index is 0.0777. The minimum atomic E-state index is -0.296. The fourth-order valence-electron chi connectivity index (χ4n) is 4.84. The van der Waals surface area contributed by atoms with Crippen LogP contribution in [0.4, 0.5) is 5.69 Å². The average Bonchev–Trinajstić information content (AvgIpc) is 3.73. The summed E-state index contributed by atoms with van der Waals surface area (Å²) in [7, 11) is 5.04. The molecule has 2 aromatic rings. The van der Waals surface area contributed by atoms with Gasteiger partial charge in [0.15, 0.2) is 0 Å². The summed E-state index contributed by atoms with van der Waals surface area (Å²) in [6.45, 7) is 7.20. The van der Waals surface area contributed by atoms with E-state index in [1.165, 1.54) is 20.0 Å². The number of carbonyl (C=O) groups excluding carboxylic acids is 2. The molecule has 0 saturated heterocycles. The topological polar surface area (TPSA) is 80.3 Å². The van der Waals surface area contributed by atoms with E-state index < -0.39 is 0 Å². The van der Waals surface area contributed by atoms with Crippen LogP contribution in [0.5, 0.6) is 11.5 Å². The summed E-state index contributed by atoms with van der Waals surface area (Å²) < 4.78 is 17.4. The van der Waals surface area contributed by atoms with Crippen molar-refractivity contribution in [2.45, 2.75) is 38.8 Å². The molecule has 3 atom stereocenters. The second kappa shape index (κ2) is 12.0. The Morgan fingerprint density at radius 1 is 1.11 bits per heavy atom. The highest BCUT2D eigenvalue weighted by Crippen LogP contribution is 2.32. The predicted molar refractivity (Wildman–Crippen MR) is 144 cm³/mol. The number of fused-ring (bicyclic) bond motifs is 1. The standard InChI is InChI=1S/C29H39N3O5/c1-19-15-32(16-21-10-11-21)20(2)18-37-26-14-22(30-28(33)23-8-6-7-9-25(23)35-4)12-13-24(26)29(34)31(3)17-27(19)36-5/h6-9,12-14,19-21,27H,10-11,15-18H2,1-5H3,(H,30,33)/t19-,20+,27-/m0/s1. The summed E-state index contributed by atoms with van der Waals surface area (Å²) >= 11 is 0. The van der Waals surface area contributed by atoms with Gasteiger partial charge < -0.3 is 24.4 Å². The Labute approximate surface area is 219 Å². The normalized spacial score (nSPS) is 23.3. The predicted octanol–water partition coefficient (Wildman–Crippen LogP) is 4.16. The van der Waals surface area contributed by atoms with E-state index in [4.69, 9.17) is 14.2 Å². The van der Waals surface area contributed by atoms with Crippen LogP contribution >= 0.6 is 0 Å². The lowest BCUT2D eigenvalue weighted by Crippen LogP contribution is -2.47. The zero-order valence-corrected chi connectivity index (χ0v) is 22.5. The van der Waals surface area contributed by atoms with Crippen molar-refractivity contribution in [3.63, 3.8) is 0 Å². The van der Waals surface area contributed by atoms with Crippen molar-refractivity contribution in [2.24, 2.45) is 11.8 Å². The van der Waals surface area contributed by atoms with E-state index in [0.29, 0.717) is 41.5 Å². The third-order valence-electron chi connectivity index (χ3n) is 7.37. The van der Waals surface area contributed by atoms with E-state index in [0.717, 1.165) is 19.0 Å². The molecule has 1 saturated carbocycles. The zero-order valence-electron chi connectivity index (χ0n) is 22.5. The Bertz CT molecular complexity index is 1100. The van der Waals surface area contributed by atoms with Crippen molar-refractivity contribution >= 4 is 17.5 Å². The molecule has 4 rings (SSSR count). The van der Waals surface area contributed by atoms with Gasteiger partial charge in [-0.2, -0.15) is 0 Å². The Kier molecular flexibility index (Phi) is 8.71.